The minimum atomic E-state index is -0.471. The molecule has 1 unspecified atom stereocenters. The molecule has 0 saturated carbocycles. The van der Waals surface area contributed by atoms with Crippen LogP contribution in [0.5, 0.6) is 5.75 Å². The summed E-state index contributed by atoms with van der Waals surface area (Å²) in [4.78, 5) is 0. The van der Waals surface area contributed by atoms with Crippen LogP contribution >= 0.6 is 0 Å². The number of methoxy groups -OCH3 is 1. The Balaban J connectivity index is 2.55. The lowest BCUT2D eigenvalue weighted by Gasteiger charge is -2.20. The zero-order valence-corrected chi connectivity index (χ0v) is 11.7. The maximum absolute atomic E-state index is 14.1. The van der Waals surface area contributed by atoms with Gasteiger partial charge in [0, 0.05) is 0 Å². The standard InChI is InChI=1S/C16H17F2NO/c1-10-7-8-11(9-13(10)18)16(19-2)15-12(17)5-4-6-14(15)20-3/h4-9,16,19H,1-3H3. The van der Waals surface area contributed by atoms with Crippen LogP contribution in [-0.4, -0.2) is 14.2 Å². The summed E-state index contributed by atoms with van der Waals surface area (Å²) in [5.41, 5.74) is 1.59. The normalized spacial score (nSPS) is 12.2. The first-order valence-electron chi connectivity index (χ1n) is 6.34. The van der Waals surface area contributed by atoms with Crippen molar-refractivity contribution >= 4 is 0 Å². The second-order valence-electron chi connectivity index (χ2n) is 4.59. The number of aryl methyl sites for hydroxylation is 1. The van der Waals surface area contributed by atoms with Gasteiger partial charge in [-0.1, -0.05) is 18.2 Å². The number of ether oxygens (including phenoxy) is 1. The number of hydrogen-bond donors (Lipinski definition) is 1. The van der Waals surface area contributed by atoms with Gasteiger partial charge in [-0.3, -0.25) is 0 Å². The summed E-state index contributed by atoms with van der Waals surface area (Å²) >= 11 is 0. The summed E-state index contributed by atoms with van der Waals surface area (Å²) in [5, 5.41) is 3.01. The molecule has 1 atom stereocenters. The highest BCUT2D eigenvalue weighted by atomic mass is 19.1. The predicted octanol–water partition coefficient (Wildman–Crippen LogP) is 3.59. The molecule has 1 N–H and O–H groups in total. The Kier molecular flexibility index (Phi) is 4.35. The van der Waals surface area contributed by atoms with Gasteiger partial charge in [-0.25, -0.2) is 8.78 Å². The number of nitrogens with one attached hydrogen (secondary N) is 1. The molecule has 2 aromatic rings. The van der Waals surface area contributed by atoms with Crippen molar-refractivity contribution in [1.82, 2.24) is 5.32 Å². The van der Waals surface area contributed by atoms with E-state index in [0.29, 0.717) is 22.4 Å². The smallest absolute Gasteiger partial charge is 0.132 e. The molecule has 0 amide bonds. The molecule has 0 aliphatic carbocycles. The summed E-state index contributed by atoms with van der Waals surface area (Å²) in [5.74, 6) is -0.256. The SMILES string of the molecule is CNC(c1ccc(C)c(F)c1)c1c(F)cccc1OC. The van der Waals surface area contributed by atoms with E-state index in [9.17, 15) is 8.78 Å². The Morgan fingerprint density at radius 1 is 1.10 bits per heavy atom. The van der Waals surface area contributed by atoms with Crippen molar-refractivity contribution in [1.29, 1.82) is 0 Å². The van der Waals surface area contributed by atoms with Crippen molar-refractivity contribution in [3.8, 4) is 5.75 Å². The molecule has 0 bridgehead atoms. The van der Waals surface area contributed by atoms with E-state index in [0.717, 1.165) is 0 Å². The van der Waals surface area contributed by atoms with Crippen molar-refractivity contribution in [3.05, 3.63) is 64.7 Å². The Labute approximate surface area is 117 Å². The van der Waals surface area contributed by atoms with Gasteiger partial charge in [-0.05, 0) is 43.3 Å². The fraction of sp³-hybridized carbons (Fsp3) is 0.250. The molecule has 106 valence electrons. The molecule has 0 spiro atoms. The second-order valence-corrected chi connectivity index (χ2v) is 4.59. The van der Waals surface area contributed by atoms with Crippen LogP contribution in [0.3, 0.4) is 0 Å². The van der Waals surface area contributed by atoms with E-state index in [-0.39, 0.29) is 11.6 Å². The van der Waals surface area contributed by atoms with E-state index in [1.165, 1.54) is 19.2 Å². The lowest BCUT2D eigenvalue weighted by molar-refractivity contribution is 0.398. The molecular weight excluding hydrogens is 260 g/mol. The van der Waals surface area contributed by atoms with Crippen LogP contribution in [-0.2, 0) is 0 Å². The molecule has 0 aliphatic heterocycles. The highest BCUT2D eigenvalue weighted by Gasteiger charge is 2.21. The predicted molar refractivity (Wildman–Crippen MR) is 75.0 cm³/mol. The quantitative estimate of drug-likeness (QED) is 0.922. The molecule has 2 aromatic carbocycles. The molecule has 0 aliphatic rings. The highest BCUT2D eigenvalue weighted by molar-refractivity contribution is 5.43. The minimum Gasteiger partial charge on any atom is -0.496 e. The summed E-state index contributed by atoms with van der Waals surface area (Å²) < 4.78 is 33.1. The zero-order valence-electron chi connectivity index (χ0n) is 11.7. The molecule has 0 heterocycles. The van der Waals surface area contributed by atoms with Gasteiger partial charge in [0.05, 0.1) is 18.7 Å². The van der Waals surface area contributed by atoms with E-state index in [1.54, 1.807) is 38.2 Å². The minimum absolute atomic E-state index is 0.307. The lowest BCUT2D eigenvalue weighted by Crippen LogP contribution is -2.20. The van der Waals surface area contributed by atoms with Crippen LogP contribution in [0.2, 0.25) is 0 Å². The number of rotatable bonds is 4. The molecule has 2 nitrogen and oxygen atoms in total. The third-order valence-electron chi connectivity index (χ3n) is 3.34. The Hall–Kier alpha value is -1.94. The molecule has 0 fully saturated rings. The fourth-order valence-corrected chi connectivity index (χ4v) is 2.24. The highest BCUT2D eigenvalue weighted by Crippen LogP contribution is 2.32. The summed E-state index contributed by atoms with van der Waals surface area (Å²) in [7, 11) is 3.19. The maximum atomic E-state index is 14.1. The third kappa shape index (κ3) is 2.65. The van der Waals surface area contributed by atoms with Gasteiger partial charge >= 0.3 is 0 Å². The summed E-state index contributed by atoms with van der Waals surface area (Å²) in [6.45, 7) is 1.69. The molecule has 20 heavy (non-hydrogen) atoms. The maximum Gasteiger partial charge on any atom is 0.132 e. The fourth-order valence-electron chi connectivity index (χ4n) is 2.24. The number of benzene rings is 2. The van der Waals surface area contributed by atoms with Gasteiger partial charge in [0.2, 0.25) is 0 Å². The van der Waals surface area contributed by atoms with Gasteiger partial charge in [-0.15, -0.1) is 0 Å². The van der Waals surface area contributed by atoms with Gasteiger partial charge in [0.1, 0.15) is 17.4 Å². The number of hydrogen-bond acceptors (Lipinski definition) is 2. The van der Waals surface area contributed by atoms with Gasteiger partial charge < -0.3 is 10.1 Å². The molecule has 0 saturated heterocycles. The van der Waals surface area contributed by atoms with E-state index in [2.05, 4.69) is 5.32 Å². The zero-order chi connectivity index (χ0) is 14.7. The van der Waals surface area contributed by atoms with E-state index in [4.69, 9.17) is 4.74 Å². The van der Waals surface area contributed by atoms with Crippen molar-refractivity contribution < 1.29 is 13.5 Å². The van der Waals surface area contributed by atoms with E-state index < -0.39 is 6.04 Å². The molecule has 0 radical (unpaired) electrons. The number of halogens is 2. The largest absolute Gasteiger partial charge is 0.496 e. The Morgan fingerprint density at radius 2 is 1.85 bits per heavy atom. The molecule has 4 heteroatoms. The third-order valence-corrected chi connectivity index (χ3v) is 3.34. The summed E-state index contributed by atoms with van der Waals surface area (Å²) in [6, 6.07) is 9.05. The van der Waals surface area contributed by atoms with Crippen LogP contribution in [0, 0.1) is 18.6 Å². The van der Waals surface area contributed by atoms with Crippen molar-refractivity contribution in [2.24, 2.45) is 0 Å². The monoisotopic (exact) mass is 277 g/mol. The first-order chi connectivity index (χ1) is 9.58. The van der Waals surface area contributed by atoms with Gasteiger partial charge in [-0.2, -0.15) is 0 Å². The van der Waals surface area contributed by atoms with Crippen molar-refractivity contribution in [2.45, 2.75) is 13.0 Å². The Bertz CT molecular complexity index is 613. The van der Waals surface area contributed by atoms with Gasteiger partial charge in [0.15, 0.2) is 0 Å². The molecule has 0 aromatic heterocycles. The van der Waals surface area contributed by atoms with Crippen LogP contribution < -0.4 is 10.1 Å². The van der Waals surface area contributed by atoms with Gasteiger partial charge in [0.25, 0.3) is 0 Å². The van der Waals surface area contributed by atoms with E-state index in [1.807, 2.05) is 0 Å². The van der Waals surface area contributed by atoms with E-state index >= 15 is 0 Å². The summed E-state index contributed by atoms with van der Waals surface area (Å²) in [6.07, 6.45) is 0. The lowest BCUT2D eigenvalue weighted by atomic mass is 9.96. The first-order valence-corrected chi connectivity index (χ1v) is 6.34. The molecular formula is C16H17F2NO. The van der Waals surface area contributed by atoms with Crippen LogP contribution in [0.4, 0.5) is 8.78 Å². The van der Waals surface area contributed by atoms with Crippen LogP contribution in [0.15, 0.2) is 36.4 Å². The van der Waals surface area contributed by atoms with Crippen molar-refractivity contribution in [3.63, 3.8) is 0 Å². The topological polar surface area (TPSA) is 21.3 Å². The molecule has 2 rings (SSSR count). The van der Waals surface area contributed by atoms with Crippen LogP contribution in [0.25, 0.3) is 0 Å². The van der Waals surface area contributed by atoms with Crippen LogP contribution in [0.1, 0.15) is 22.7 Å². The second kappa shape index (κ2) is 6.01. The first kappa shape index (κ1) is 14.5. The average molecular weight is 277 g/mol. The Morgan fingerprint density at radius 3 is 2.45 bits per heavy atom. The van der Waals surface area contributed by atoms with Crippen molar-refractivity contribution in [2.75, 3.05) is 14.2 Å². The average Bonchev–Trinajstić information content (AvgIpc) is 2.45.